The summed E-state index contributed by atoms with van der Waals surface area (Å²) >= 11 is 0. The lowest BCUT2D eigenvalue weighted by Crippen LogP contribution is -2.58. The van der Waals surface area contributed by atoms with Crippen LogP contribution in [0.4, 0.5) is 0 Å². The quantitative estimate of drug-likeness (QED) is 0.0543. The van der Waals surface area contributed by atoms with E-state index in [9.17, 15) is 29.7 Å². The molecule has 0 amide bonds. The zero-order valence-electron chi connectivity index (χ0n) is 25.5. The summed E-state index contributed by atoms with van der Waals surface area (Å²) in [5.74, 6) is -4.53. The molecular formula is C32H60NO6+. The van der Waals surface area contributed by atoms with Crippen LogP contribution in [0.2, 0.25) is 0 Å². The summed E-state index contributed by atoms with van der Waals surface area (Å²) < 4.78 is 0.254. The van der Waals surface area contributed by atoms with E-state index in [-0.39, 0.29) is 24.1 Å². The lowest BCUT2D eigenvalue weighted by atomic mass is 9.95. The molecule has 0 aromatic rings. The van der Waals surface area contributed by atoms with Crippen LogP contribution < -0.4 is 0 Å². The van der Waals surface area contributed by atoms with Gasteiger partial charge < -0.3 is 19.8 Å². The molecule has 39 heavy (non-hydrogen) atoms. The van der Waals surface area contributed by atoms with Crippen molar-refractivity contribution in [2.24, 2.45) is 17.8 Å². The Balaban J connectivity index is 4.98. The summed E-state index contributed by atoms with van der Waals surface area (Å²) in [5, 5.41) is 29.4. The Hall–Kier alpha value is -1.89. The van der Waals surface area contributed by atoms with Crippen LogP contribution in [-0.4, -0.2) is 63.9 Å². The topological polar surface area (TPSA) is 112 Å². The minimum absolute atomic E-state index is 0.254. The van der Waals surface area contributed by atoms with Crippen LogP contribution in [0, 0.1) is 17.8 Å². The Morgan fingerprint density at radius 1 is 0.538 bits per heavy atom. The Bertz CT molecular complexity index is 632. The van der Waals surface area contributed by atoms with Gasteiger partial charge in [-0.05, 0) is 57.8 Å². The van der Waals surface area contributed by atoms with Crippen molar-refractivity contribution in [3.05, 3.63) is 12.2 Å². The fourth-order valence-corrected chi connectivity index (χ4v) is 5.56. The SMILES string of the molecule is CCCCCCC/C=C/CCCCCCCC[N+](CC(CC)C(=O)O)(CC(CC)C(=O)O)CC(CC)C(=O)O. The smallest absolute Gasteiger partial charge is 0.312 e. The van der Waals surface area contributed by atoms with Gasteiger partial charge in [0.25, 0.3) is 0 Å². The third kappa shape index (κ3) is 17.4. The average molecular weight is 555 g/mol. The highest BCUT2D eigenvalue weighted by Gasteiger charge is 2.40. The van der Waals surface area contributed by atoms with Crippen molar-refractivity contribution >= 4 is 17.9 Å². The van der Waals surface area contributed by atoms with Gasteiger partial charge in [0.1, 0.15) is 17.8 Å². The second-order valence-corrected chi connectivity index (χ2v) is 11.5. The summed E-state index contributed by atoms with van der Waals surface area (Å²) in [6.45, 7) is 9.21. The second kappa shape index (κ2) is 22.9. The first-order chi connectivity index (χ1) is 18.7. The average Bonchev–Trinajstić information content (AvgIpc) is 2.90. The van der Waals surface area contributed by atoms with Gasteiger partial charge in [-0.2, -0.15) is 0 Å². The molecule has 0 heterocycles. The van der Waals surface area contributed by atoms with E-state index in [1.807, 2.05) is 20.8 Å². The van der Waals surface area contributed by atoms with E-state index in [0.717, 1.165) is 32.1 Å². The Morgan fingerprint density at radius 3 is 1.21 bits per heavy atom. The summed E-state index contributed by atoms with van der Waals surface area (Å²) in [6, 6.07) is 0. The highest BCUT2D eigenvalue weighted by atomic mass is 16.4. The first-order valence-electron chi connectivity index (χ1n) is 15.8. The standard InChI is InChI=1S/C32H59NO6/c1-5-9-10-11-12-13-14-15-16-17-18-19-20-21-22-23-33(24-27(6-2)30(34)35,25-28(7-3)31(36)37)26-29(8-4)32(38)39/h14-15,27-29H,5-13,16-26H2,1-4H3,(H2-,34,35,36,37,38,39)/p+1/b15-14+. The van der Waals surface area contributed by atoms with Crippen molar-refractivity contribution in [1.29, 1.82) is 0 Å². The van der Waals surface area contributed by atoms with Gasteiger partial charge >= 0.3 is 17.9 Å². The molecule has 0 spiro atoms. The van der Waals surface area contributed by atoms with Crippen molar-refractivity contribution in [2.45, 2.75) is 130 Å². The number of aliphatic carboxylic acids is 3. The predicted molar refractivity (Wildman–Crippen MR) is 159 cm³/mol. The first kappa shape index (κ1) is 37.1. The molecule has 228 valence electrons. The Morgan fingerprint density at radius 2 is 0.872 bits per heavy atom. The largest absolute Gasteiger partial charge is 0.481 e. The maximum absolute atomic E-state index is 12.0. The molecule has 0 saturated heterocycles. The number of nitrogens with zero attached hydrogens (tertiary/aromatic N) is 1. The second-order valence-electron chi connectivity index (χ2n) is 11.5. The maximum Gasteiger partial charge on any atom is 0.312 e. The minimum Gasteiger partial charge on any atom is -0.481 e. The van der Waals surface area contributed by atoms with E-state index in [1.165, 1.54) is 51.4 Å². The van der Waals surface area contributed by atoms with E-state index in [0.29, 0.717) is 25.8 Å². The number of quaternary nitrogens is 1. The molecular weight excluding hydrogens is 494 g/mol. The molecule has 7 heteroatoms. The number of hydrogen-bond acceptors (Lipinski definition) is 3. The van der Waals surface area contributed by atoms with Crippen LogP contribution in [0.15, 0.2) is 12.2 Å². The van der Waals surface area contributed by atoms with Crippen LogP contribution >= 0.6 is 0 Å². The van der Waals surface area contributed by atoms with Gasteiger partial charge in [-0.1, -0.05) is 84.8 Å². The monoisotopic (exact) mass is 554 g/mol. The van der Waals surface area contributed by atoms with Gasteiger partial charge in [0, 0.05) is 0 Å². The third-order valence-corrected chi connectivity index (χ3v) is 8.24. The number of rotatable bonds is 27. The van der Waals surface area contributed by atoms with Gasteiger partial charge in [0.15, 0.2) is 0 Å². The number of carboxylic acid groups (broad SMARTS) is 3. The Kier molecular flexibility index (Phi) is 21.8. The number of unbranched alkanes of at least 4 members (excludes halogenated alkanes) is 11. The number of carbonyl (C=O) groups is 3. The van der Waals surface area contributed by atoms with Crippen LogP contribution in [0.25, 0.3) is 0 Å². The summed E-state index contributed by atoms with van der Waals surface area (Å²) in [7, 11) is 0. The summed E-state index contributed by atoms with van der Waals surface area (Å²) in [4.78, 5) is 35.9. The van der Waals surface area contributed by atoms with Crippen molar-refractivity contribution in [3.8, 4) is 0 Å². The van der Waals surface area contributed by atoms with Gasteiger partial charge in [0.05, 0.1) is 26.2 Å². The normalized spacial score (nSPS) is 15.6. The van der Waals surface area contributed by atoms with E-state index < -0.39 is 35.7 Å². The van der Waals surface area contributed by atoms with Crippen molar-refractivity contribution < 1.29 is 34.2 Å². The lowest BCUT2D eigenvalue weighted by molar-refractivity contribution is -0.935. The molecule has 3 atom stereocenters. The van der Waals surface area contributed by atoms with Crippen LogP contribution in [-0.2, 0) is 14.4 Å². The molecule has 3 N–H and O–H groups in total. The summed E-state index contributed by atoms with van der Waals surface area (Å²) in [5.41, 5.74) is 0. The molecule has 0 radical (unpaired) electrons. The van der Waals surface area contributed by atoms with E-state index in [4.69, 9.17) is 0 Å². The highest BCUT2D eigenvalue weighted by Crippen LogP contribution is 2.25. The van der Waals surface area contributed by atoms with E-state index in [2.05, 4.69) is 19.1 Å². The maximum atomic E-state index is 12.0. The van der Waals surface area contributed by atoms with Crippen molar-refractivity contribution in [3.63, 3.8) is 0 Å². The van der Waals surface area contributed by atoms with Gasteiger partial charge in [-0.3, -0.25) is 14.4 Å². The van der Waals surface area contributed by atoms with E-state index in [1.54, 1.807) is 0 Å². The fraction of sp³-hybridized carbons (Fsp3) is 0.844. The van der Waals surface area contributed by atoms with E-state index >= 15 is 0 Å². The highest BCUT2D eigenvalue weighted by molar-refractivity contribution is 5.71. The molecule has 7 nitrogen and oxygen atoms in total. The van der Waals surface area contributed by atoms with Crippen LogP contribution in [0.1, 0.15) is 130 Å². The van der Waals surface area contributed by atoms with Crippen molar-refractivity contribution in [1.82, 2.24) is 0 Å². The predicted octanol–water partition coefficient (Wildman–Crippen LogP) is 7.78. The fourth-order valence-electron chi connectivity index (χ4n) is 5.56. The molecule has 0 aliphatic heterocycles. The molecule has 0 fully saturated rings. The Labute approximate surface area is 238 Å². The zero-order chi connectivity index (χ0) is 29.5. The van der Waals surface area contributed by atoms with Crippen LogP contribution in [0.5, 0.6) is 0 Å². The molecule has 0 saturated carbocycles. The van der Waals surface area contributed by atoms with Gasteiger partial charge in [-0.15, -0.1) is 0 Å². The molecule has 0 aliphatic rings. The van der Waals surface area contributed by atoms with Gasteiger partial charge in [-0.25, -0.2) is 0 Å². The number of allylic oxidation sites excluding steroid dienone is 2. The molecule has 0 aromatic heterocycles. The first-order valence-corrected chi connectivity index (χ1v) is 15.8. The third-order valence-electron chi connectivity index (χ3n) is 8.24. The lowest BCUT2D eigenvalue weighted by Gasteiger charge is -2.43. The number of hydrogen-bond donors (Lipinski definition) is 3. The number of carboxylic acids is 3. The minimum atomic E-state index is -0.891. The summed E-state index contributed by atoms with van der Waals surface area (Å²) in [6.07, 6.45) is 21.3. The van der Waals surface area contributed by atoms with Crippen LogP contribution in [0.3, 0.4) is 0 Å². The molecule has 0 aromatic carbocycles. The molecule has 0 aliphatic carbocycles. The molecule has 0 bridgehead atoms. The molecule has 3 unspecified atom stereocenters. The zero-order valence-corrected chi connectivity index (χ0v) is 25.5. The van der Waals surface area contributed by atoms with Gasteiger partial charge in [0.2, 0.25) is 0 Å². The molecule has 0 rings (SSSR count). The van der Waals surface area contributed by atoms with Crippen molar-refractivity contribution in [2.75, 3.05) is 26.2 Å².